The number of likely N-dealkylation sites (tertiary alicyclic amines) is 1. The molecule has 0 bridgehead atoms. The number of methoxy groups -OCH3 is 1. The van der Waals surface area contributed by atoms with Crippen molar-refractivity contribution in [1.29, 1.82) is 0 Å². The highest BCUT2D eigenvalue weighted by Crippen LogP contribution is 2.21. The zero-order chi connectivity index (χ0) is 18.9. The Morgan fingerprint density at radius 2 is 1.88 bits per heavy atom. The summed E-state index contributed by atoms with van der Waals surface area (Å²) in [6.07, 6.45) is 1.09. The fraction of sp³-hybridized carbons (Fsp3) is 0.526. The van der Waals surface area contributed by atoms with E-state index in [0.29, 0.717) is 44.6 Å². The molecule has 0 radical (unpaired) electrons. The number of benzene rings is 1. The van der Waals surface area contributed by atoms with Crippen molar-refractivity contribution >= 4 is 17.8 Å². The number of esters is 1. The highest BCUT2D eigenvalue weighted by Gasteiger charge is 2.29. The Balaban J connectivity index is 1.75. The van der Waals surface area contributed by atoms with Gasteiger partial charge in [0.15, 0.2) is 6.61 Å². The molecule has 142 valence electrons. The first-order valence-corrected chi connectivity index (χ1v) is 8.80. The summed E-state index contributed by atoms with van der Waals surface area (Å²) >= 11 is 0. The van der Waals surface area contributed by atoms with Crippen LogP contribution in [0, 0.1) is 12.8 Å². The number of carbonyl (C=O) groups is 3. The van der Waals surface area contributed by atoms with E-state index in [2.05, 4.69) is 5.32 Å². The summed E-state index contributed by atoms with van der Waals surface area (Å²) in [5, 5.41) is 2.59. The maximum absolute atomic E-state index is 12.6. The summed E-state index contributed by atoms with van der Waals surface area (Å²) < 4.78 is 9.91. The molecule has 7 heteroatoms. The molecular weight excluding hydrogens is 336 g/mol. The van der Waals surface area contributed by atoms with Gasteiger partial charge in [-0.1, -0.05) is 18.2 Å². The zero-order valence-corrected chi connectivity index (χ0v) is 15.3. The third-order valence-electron chi connectivity index (χ3n) is 4.46. The van der Waals surface area contributed by atoms with Gasteiger partial charge in [0, 0.05) is 32.3 Å². The molecule has 1 N–H and O–H groups in total. The van der Waals surface area contributed by atoms with Gasteiger partial charge in [0.2, 0.25) is 0 Å². The van der Waals surface area contributed by atoms with E-state index in [1.807, 2.05) is 31.2 Å². The number of hydrogen-bond donors (Lipinski definition) is 1. The van der Waals surface area contributed by atoms with Gasteiger partial charge >= 0.3 is 5.97 Å². The molecule has 2 amide bonds. The van der Waals surface area contributed by atoms with Crippen molar-refractivity contribution in [3.8, 4) is 0 Å². The standard InChI is InChI=1S/C19H26N2O5/c1-14-5-3-4-6-16(14)18(23)21-10-7-15(8-11-21)19(24)26-13-17(22)20-9-12-25-2/h3-6,15H,7-13H2,1-2H3,(H,20,22). The highest BCUT2D eigenvalue weighted by molar-refractivity contribution is 5.95. The van der Waals surface area contributed by atoms with Crippen LogP contribution in [0.2, 0.25) is 0 Å². The van der Waals surface area contributed by atoms with Gasteiger partial charge in [-0.25, -0.2) is 0 Å². The first-order valence-electron chi connectivity index (χ1n) is 8.80. The second kappa shape index (κ2) is 9.91. The van der Waals surface area contributed by atoms with E-state index < -0.39 is 0 Å². The first kappa shape index (κ1) is 19.9. The fourth-order valence-corrected chi connectivity index (χ4v) is 2.90. The average molecular weight is 362 g/mol. The molecule has 1 saturated heterocycles. The highest BCUT2D eigenvalue weighted by atomic mass is 16.5. The van der Waals surface area contributed by atoms with Gasteiger partial charge < -0.3 is 19.7 Å². The van der Waals surface area contributed by atoms with E-state index in [1.54, 1.807) is 12.0 Å². The van der Waals surface area contributed by atoms with E-state index in [4.69, 9.17) is 9.47 Å². The van der Waals surface area contributed by atoms with Crippen LogP contribution in [-0.4, -0.2) is 62.6 Å². The summed E-state index contributed by atoms with van der Waals surface area (Å²) in [6, 6.07) is 7.48. The van der Waals surface area contributed by atoms with Gasteiger partial charge in [0.05, 0.1) is 12.5 Å². The molecule has 0 unspecified atom stereocenters. The van der Waals surface area contributed by atoms with Crippen molar-refractivity contribution < 1.29 is 23.9 Å². The Morgan fingerprint density at radius 3 is 2.54 bits per heavy atom. The van der Waals surface area contributed by atoms with Gasteiger partial charge in [-0.15, -0.1) is 0 Å². The molecule has 0 aromatic heterocycles. The Hall–Kier alpha value is -2.41. The monoisotopic (exact) mass is 362 g/mol. The van der Waals surface area contributed by atoms with E-state index in [1.165, 1.54) is 0 Å². The number of piperidine rings is 1. The van der Waals surface area contributed by atoms with Crippen LogP contribution in [0.1, 0.15) is 28.8 Å². The summed E-state index contributed by atoms with van der Waals surface area (Å²) in [6.45, 7) is 3.43. The molecule has 1 aliphatic rings. The lowest BCUT2D eigenvalue weighted by molar-refractivity contribution is -0.153. The van der Waals surface area contributed by atoms with Crippen LogP contribution in [0.3, 0.4) is 0 Å². The molecule has 26 heavy (non-hydrogen) atoms. The number of nitrogens with one attached hydrogen (secondary N) is 1. The van der Waals surface area contributed by atoms with Crippen molar-refractivity contribution in [3.63, 3.8) is 0 Å². The van der Waals surface area contributed by atoms with Crippen LogP contribution >= 0.6 is 0 Å². The normalized spacial score (nSPS) is 14.8. The lowest BCUT2D eigenvalue weighted by Gasteiger charge is -2.31. The number of nitrogens with zero attached hydrogens (tertiary/aromatic N) is 1. The SMILES string of the molecule is COCCNC(=O)COC(=O)C1CCN(C(=O)c2ccccc2C)CC1. The minimum Gasteiger partial charge on any atom is -0.455 e. The second-order valence-corrected chi connectivity index (χ2v) is 6.33. The van der Waals surface area contributed by atoms with Gasteiger partial charge in [-0.3, -0.25) is 14.4 Å². The molecule has 1 heterocycles. The number of aryl methyl sites for hydroxylation is 1. The van der Waals surface area contributed by atoms with Gasteiger partial charge in [0.25, 0.3) is 11.8 Å². The predicted octanol–water partition coefficient (Wildman–Crippen LogP) is 1.15. The Kier molecular flexibility index (Phi) is 7.59. The van der Waals surface area contributed by atoms with Crippen LogP contribution in [-0.2, 0) is 19.1 Å². The number of amides is 2. The Morgan fingerprint density at radius 1 is 1.19 bits per heavy atom. The van der Waals surface area contributed by atoms with Crippen LogP contribution in [0.15, 0.2) is 24.3 Å². The molecule has 0 atom stereocenters. The summed E-state index contributed by atoms with van der Waals surface area (Å²) in [5.74, 6) is -1.01. The summed E-state index contributed by atoms with van der Waals surface area (Å²) in [4.78, 5) is 38.0. The van der Waals surface area contributed by atoms with E-state index >= 15 is 0 Å². The molecule has 0 spiro atoms. The minimum atomic E-state index is -0.380. The number of hydrogen-bond acceptors (Lipinski definition) is 5. The molecule has 2 rings (SSSR count). The minimum absolute atomic E-state index is 0.00700. The lowest BCUT2D eigenvalue weighted by Crippen LogP contribution is -2.41. The van der Waals surface area contributed by atoms with Crippen LogP contribution in [0.5, 0.6) is 0 Å². The molecule has 1 aromatic carbocycles. The lowest BCUT2D eigenvalue weighted by atomic mass is 9.96. The molecule has 7 nitrogen and oxygen atoms in total. The van der Waals surface area contributed by atoms with Crippen LogP contribution in [0.25, 0.3) is 0 Å². The Labute approximate surface area is 153 Å². The third kappa shape index (κ3) is 5.56. The number of rotatable bonds is 7. The van der Waals surface area contributed by atoms with Crippen molar-refractivity contribution in [1.82, 2.24) is 10.2 Å². The number of ether oxygens (including phenoxy) is 2. The zero-order valence-electron chi connectivity index (χ0n) is 15.3. The van der Waals surface area contributed by atoms with Crippen molar-refractivity contribution in [2.24, 2.45) is 5.92 Å². The first-order chi connectivity index (χ1) is 12.5. The molecule has 1 aliphatic heterocycles. The topological polar surface area (TPSA) is 84.9 Å². The molecule has 0 saturated carbocycles. The number of carbonyl (C=O) groups excluding carboxylic acids is 3. The van der Waals surface area contributed by atoms with E-state index in [0.717, 1.165) is 5.56 Å². The van der Waals surface area contributed by atoms with Crippen molar-refractivity contribution in [3.05, 3.63) is 35.4 Å². The van der Waals surface area contributed by atoms with E-state index in [-0.39, 0.29) is 30.3 Å². The van der Waals surface area contributed by atoms with Crippen LogP contribution in [0.4, 0.5) is 0 Å². The largest absolute Gasteiger partial charge is 0.455 e. The maximum Gasteiger partial charge on any atom is 0.309 e. The second-order valence-electron chi connectivity index (χ2n) is 6.33. The van der Waals surface area contributed by atoms with Gasteiger partial charge in [-0.2, -0.15) is 0 Å². The van der Waals surface area contributed by atoms with E-state index in [9.17, 15) is 14.4 Å². The van der Waals surface area contributed by atoms with Crippen molar-refractivity contribution in [2.75, 3.05) is 40.0 Å². The predicted molar refractivity (Wildman–Crippen MR) is 95.7 cm³/mol. The molecule has 0 aliphatic carbocycles. The Bertz CT molecular complexity index is 639. The van der Waals surface area contributed by atoms with Crippen LogP contribution < -0.4 is 5.32 Å². The van der Waals surface area contributed by atoms with Gasteiger partial charge in [0.1, 0.15) is 0 Å². The summed E-state index contributed by atoms with van der Waals surface area (Å²) in [7, 11) is 1.54. The average Bonchev–Trinajstić information content (AvgIpc) is 2.66. The quantitative estimate of drug-likeness (QED) is 0.581. The summed E-state index contributed by atoms with van der Waals surface area (Å²) in [5.41, 5.74) is 1.64. The van der Waals surface area contributed by atoms with Gasteiger partial charge in [-0.05, 0) is 31.4 Å². The third-order valence-corrected chi connectivity index (χ3v) is 4.46. The smallest absolute Gasteiger partial charge is 0.309 e. The van der Waals surface area contributed by atoms with Crippen molar-refractivity contribution in [2.45, 2.75) is 19.8 Å². The molecule has 1 aromatic rings. The maximum atomic E-state index is 12.6. The molecular formula is C19H26N2O5. The fourth-order valence-electron chi connectivity index (χ4n) is 2.90. The molecule has 1 fully saturated rings.